The summed E-state index contributed by atoms with van der Waals surface area (Å²) in [6.07, 6.45) is 1.81. The van der Waals surface area contributed by atoms with E-state index in [0.717, 1.165) is 5.52 Å². The van der Waals surface area contributed by atoms with Crippen LogP contribution >= 0.6 is 0 Å². The normalized spacial score (nSPS) is 10.9. The van der Waals surface area contributed by atoms with E-state index in [0.29, 0.717) is 22.0 Å². The Kier molecular flexibility index (Phi) is 2.28. The molecule has 19 heavy (non-hydrogen) atoms. The zero-order valence-corrected chi connectivity index (χ0v) is 9.96. The van der Waals surface area contributed by atoms with E-state index < -0.39 is 11.8 Å². The third kappa shape index (κ3) is 1.55. The Morgan fingerprint density at radius 1 is 0.947 bits per heavy atom. The molecule has 0 saturated heterocycles. The topological polar surface area (TPSA) is 90.6 Å². The second-order valence-corrected chi connectivity index (χ2v) is 4.29. The molecular formula is C14H11N3O2. The highest BCUT2D eigenvalue weighted by molar-refractivity contribution is 6.14. The van der Waals surface area contributed by atoms with Gasteiger partial charge in [-0.2, -0.15) is 0 Å². The summed E-state index contributed by atoms with van der Waals surface area (Å²) in [6, 6.07) is 10.4. The van der Waals surface area contributed by atoms with Crippen molar-refractivity contribution in [1.29, 1.82) is 0 Å². The lowest BCUT2D eigenvalue weighted by atomic mass is 10.1. The van der Waals surface area contributed by atoms with Gasteiger partial charge in [-0.25, -0.2) is 0 Å². The highest BCUT2D eigenvalue weighted by Gasteiger charge is 2.16. The molecule has 5 nitrogen and oxygen atoms in total. The smallest absolute Gasteiger partial charge is 0.251 e. The molecule has 0 spiro atoms. The Balaban J connectivity index is 2.52. The quantitative estimate of drug-likeness (QED) is 0.720. The summed E-state index contributed by atoms with van der Waals surface area (Å²) >= 11 is 0. The van der Waals surface area contributed by atoms with Gasteiger partial charge in [-0.15, -0.1) is 0 Å². The highest BCUT2D eigenvalue weighted by atomic mass is 16.1. The number of nitrogens with zero attached hydrogens (tertiary/aromatic N) is 1. The van der Waals surface area contributed by atoms with Gasteiger partial charge in [0.25, 0.3) is 5.91 Å². The van der Waals surface area contributed by atoms with Gasteiger partial charge in [-0.1, -0.05) is 12.1 Å². The fraction of sp³-hybridized carbons (Fsp3) is 0. The number of nitrogens with two attached hydrogens (primary N) is 2. The maximum atomic E-state index is 11.6. The molecule has 0 aliphatic carbocycles. The summed E-state index contributed by atoms with van der Waals surface area (Å²) in [4.78, 5) is 22.9. The van der Waals surface area contributed by atoms with E-state index in [1.165, 1.54) is 0 Å². The van der Waals surface area contributed by atoms with Crippen LogP contribution in [0.15, 0.2) is 42.6 Å². The van der Waals surface area contributed by atoms with Crippen molar-refractivity contribution < 1.29 is 9.59 Å². The number of amides is 2. The van der Waals surface area contributed by atoms with Crippen LogP contribution < -0.4 is 11.5 Å². The number of carbonyl (C=O) groups is 2. The summed E-state index contributed by atoms with van der Waals surface area (Å²) in [5, 5.41) is 0.712. The molecule has 2 heterocycles. The van der Waals surface area contributed by atoms with Crippen molar-refractivity contribution in [2.45, 2.75) is 0 Å². The van der Waals surface area contributed by atoms with E-state index in [4.69, 9.17) is 11.5 Å². The molecule has 0 atom stereocenters. The minimum atomic E-state index is -0.506. The molecule has 0 radical (unpaired) electrons. The van der Waals surface area contributed by atoms with Crippen LogP contribution in [-0.4, -0.2) is 16.2 Å². The van der Waals surface area contributed by atoms with E-state index in [2.05, 4.69) is 0 Å². The molecule has 5 heteroatoms. The van der Waals surface area contributed by atoms with Gasteiger partial charge in [0, 0.05) is 17.1 Å². The van der Waals surface area contributed by atoms with Crippen molar-refractivity contribution >= 4 is 28.2 Å². The third-order valence-electron chi connectivity index (χ3n) is 3.17. The number of carbonyl (C=O) groups excluding carboxylic acids is 2. The summed E-state index contributed by atoms with van der Waals surface area (Å²) in [6.45, 7) is 0. The first-order chi connectivity index (χ1) is 9.09. The molecule has 0 saturated carbocycles. The molecular weight excluding hydrogens is 242 g/mol. The minimum absolute atomic E-state index is 0.395. The zero-order chi connectivity index (χ0) is 13.6. The third-order valence-corrected chi connectivity index (χ3v) is 3.17. The number of pyridine rings is 1. The van der Waals surface area contributed by atoms with Crippen molar-refractivity contribution in [3.05, 3.63) is 53.7 Å². The largest absolute Gasteiger partial charge is 0.366 e. The van der Waals surface area contributed by atoms with Gasteiger partial charge in [-0.3, -0.25) is 9.59 Å². The Hall–Kier alpha value is -2.82. The van der Waals surface area contributed by atoms with Gasteiger partial charge in [0.05, 0.1) is 16.6 Å². The average molecular weight is 253 g/mol. The molecule has 3 aromatic rings. The second kappa shape index (κ2) is 3.84. The van der Waals surface area contributed by atoms with Crippen LogP contribution in [0.2, 0.25) is 0 Å². The lowest BCUT2D eigenvalue weighted by Crippen LogP contribution is -2.11. The van der Waals surface area contributed by atoms with Gasteiger partial charge < -0.3 is 15.9 Å². The summed E-state index contributed by atoms with van der Waals surface area (Å²) < 4.78 is 1.82. The Morgan fingerprint density at radius 3 is 2.42 bits per heavy atom. The van der Waals surface area contributed by atoms with Crippen LogP contribution in [0.1, 0.15) is 20.7 Å². The minimum Gasteiger partial charge on any atom is -0.366 e. The molecule has 0 fully saturated rings. The average Bonchev–Trinajstić information content (AvgIpc) is 2.72. The zero-order valence-electron chi connectivity index (χ0n) is 9.96. The van der Waals surface area contributed by atoms with Gasteiger partial charge in [0.2, 0.25) is 5.91 Å². The summed E-state index contributed by atoms with van der Waals surface area (Å²) in [5.74, 6) is -1.00. The number of hydrogen-bond acceptors (Lipinski definition) is 2. The maximum absolute atomic E-state index is 11.6. The first-order valence-electron chi connectivity index (χ1n) is 5.72. The molecule has 3 rings (SSSR count). The predicted molar refractivity (Wildman–Crippen MR) is 71.9 cm³/mol. The molecule has 0 bridgehead atoms. The summed E-state index contributed by atoms with van der Waals surface area (Å²) in [5.41, 5.74) is 13.0. The molecule has 1 aromatic carbocycles. The number of rotatable bonds is 2. The molecule has 94 valence electrons. The number of benzene rings is 1. The van der Waals surface area contributed by atoms with E-state index in [-0.39, 0.29) is 0 Å². The molecule has 2 aromatic heterocycles. The van der Waals surface area contributed by atoms with Crippen molar-refractivity contribution in [2.24, 2.45) is 11.5 Å². The van der Waals surface area contributed by atoms with E-state index in [1.807, 2.05) is 28.8 Å². The number of hydrogen-bond donors (Lipinski definition) is 2. The van der Waals surface area contributed by atoms with Crippen LogP contribution in [0.3, 0.4) is 0 Å². The summed E-state index contributed by atoms with van der Waals surface area (Å²) in [7, 11) is 0. The van der Waals surface area contributed by atoms with Crippen molar-refractivity contribution in [3.8, 4) is 0 Å². The second-order valence-electron chi connectivity index (χ2n) is 4.29. The Morgan fingerprint density at radius 2 is 1.74 bits per heavy atom. The molecule has 2 amide bonds. The van der Waals surface area contributed by atoms with Crippen molar-refractivity contribution in [1.82, 2.24) is 4.40 Å². The van der Waals surface area contributed by atoms with Crippen molar-refractivity contribution in [2.75, 3.05) is 0 Å². The van der Waals surface area contributed by atoms with Gasteiger partial charge in [0.1, 0.15) is 0 Å². The number of primary amides is 2. The fourth-order valence-electron chi connectivity index (χ4n) is 2.35. The fourth-order valence-corrected chi connectivity index (χ4v) is 2.35. The van der Waals surface area contributed by atoms with E-state index >= 15 is 0 Å². The van der Waals surface area contributed by atoms with E-state index in [9.17, 15) is 9.59 Å². The number of aromatic nitrogens is 1. The lowest BCUT2D eigenvalue weighted by molar-refractivity contribution is 0.0993. The lowest BCUT2D eigenvalue weighted by Gasteiger charge is -1.98. The first kappa shape index (κ1) is 11.3. The Labute approximate surface area is 108 Å². The van der Waals surface area contributed by atoms with Gasteiger partial charge in [-0.05, 0) is 24.3 Å². The van der Waals surface area contributed by atoms with Crippen LogP contribution in [0.4, 0.5) is 0 Å². The predicted octanol–water partition coefficient (Wildman–Crippen LogP) is 1.29. The molecule has 0 unspecified atom stereocenters. The molecule has 4 N–H and O–H groups in total. The molecule has 0 aliphatic heterocycles. The maximum Gasteiger partial charge on any atom is 0.251 e. The van der Waals surface area contributed by atoms with Crippen LogP contribution in [0.25, 0.3) is 16.4 Å². The van der Waals surface area contributed by atoms with E-state index in [1.54, 1.807) is 18.2 Å². The van der Waals surface area contributed by atoms with Gasteiger partial charge in [0.15, 0.2) is 0 Å². The molecule has 0 aliphatic rings. The standard InChI is InChI=1S/C14H11N3O2/c15-13(18)8-4-5-9-11(7-8)17-6-2-1-3-10(17)12(9)14(16)19/h1-7H,(H2,15,18)(H2,16,19). The van der Waals surface area contributed by atoms with Crippen LogP contribution in [0.5, 0.6) is 0 Å². The number of fused-ring (bicyclic) bond motifs is 3. The highest BCUT2D eigenvalue weighted by Crippen LogP contribution is 2.27. The monoisotopic (exact) mass is 253 g/mol. The van der Waals surface area contributed by atoms with Crippen LogP contribution in [0, 0.1) is 0 Å². The first-order valence-corrected chi connectivity index (χ1v) is 5.72. The van der Waals surface area contributed by atoms with Crippen LogP contribution in [-0.2, 0) is 0 Å². The SMILES string of the molecule is NC(=O)c1ccc2c(C(N)=O)c3ccccn3c2c1. The van der Waals surface area contributed by atoms with Crippen molar-refractivity contribution in [3.63, 3.8) is 0 Å². The van der Waals surface area contributed by atoms with Gasteiger partial charge >= 0.3 is 0 Å². The Bertz CT molecular complexity index is 833.